The molecule has 4 heteroatoms. The van der Waals surface area contributed by atoms with E-state index in [2.05, 4.69) is 4.98 Å². The highest BCUT2D eigenvalue weighted by atomic mass is 35.5. The molecule has 0 atom stereocenters. The lowest BCUT2D eigenvalue weighted by Crippen LogP contribution is -1.96. The number of aryl methyl sites for hydroxylation is 1. The molecule has 0 saturated heterocycles. The SMILES string of the molecule is Cc1ccc(F)c(Oc2nc3ccccc3cc2CCl)c1. The molecule has 3 aromatic rings. The molecule has 3 rings (SSSR count). The number of halogens is 2. The maximum Gasteiger partial charge on any atom is 0.224 e. The van der Waals surface area contributed by atoms with Crippen LogP contribution in [0.25, 0.3) is 10.9 Å². The first-order valence-corrected chi connectivity index (χ1v) is 7.09. The van der Waals surface area contributed by atoms with Gasteiger partial charge in [-0.15, -0.1) is 11.6 Å². The minimum absolute atomic E-state index is 0.157. The van der Waals surface area contributed by atoms with Gasteiger partial charge in [0.25, 0.3) is 0 Å². The Balaban J connectivity index is 2.08. The Bertz CT molecular complexity index is 804. The number of benzene rings is 2. The third-order valence-corrected chi connectivity index (χ3v) is 3.49. The quantitative estimate of drug-likeness (QED) is 0.619. The molecule has 21 heavy (non-hydrogen) atoms. The lowest BCUT2D eigenvalue weighted by molar-refractivity contribution is 0.425. The third-order valence-electron chi connectivity index (χ3n) is 3.20. The van der Waals surface area contributed by atoms with Gasteiger partial charge in [0, 0.05) is 10.9 Å². The minimum Gasteiger partial charge on any atom is -0.436 e. The number of ether oxygens (including phenoxy) is 1. The van der Waals surface area contributed by atoms with E-state index in [4.69, 9.17) is 16.3 Å². The van der Waals surface area contributed by atoms with E-state index in [0.717, 1.165) is 22.0 Å². The first kappa shape index (κ1) is 13.8. The summed E-state index contributed by atoms with van der Waals surface area (Å²) in [6.07, 6.45) is 0. The van der Waals surface area contributed by atoms with Crippen LogP contribution in [0.15, 0.2) is 48.5 Å². The topological polar surface area (TPSA) is 22.1 Å². The van der Waals surface area contributed by atoms with Crippen LogP contribution in [-0.4, -0.2) is 4.98 Å². The fraction of sp³-hybridized carbons (Fsp3) is 0.118. The first-order valence-electron chi connectivity index (χ1n) is 6.56. The van der Waals surface area contributed by atoms with Crippen molar-refractivity contribution in [2.75, 3.05) is 0 Å². The number of hydrogen-bond donors (Lipinski definition) is 0. The highest BCUT2D eigenvalue weighted by Gasteiger charge is 2.11. The van der Waals surface area contributed by atoms with E-state index in [9.17, 15) is 4.39 Å². The van der Waals surface area contributed by atoms with Crippen LogP contribution in [0.2, 0.25) is 0 Å². The molecule has 2 nitrogen and oxygen atoms in total. The van der Waals surface area contributed by atoms with Crippen LogP contribution in [0.5, 0.6) is 11.6 Å². The minimum atomic E-state index is -0.420. The van der Waals surface area contributed by atoms with Crippen LogP contribution in [-0.2, 0) is 5.88 Å². The van der Waals surface area contributed by atoms with Crippen LogP contribution >= 0.6 is 11.6 Å². The van der Waals surface area contributed by atoms with Crippen molar-refractivity contribution in [2.45, 2.75) is 12.8 Å². The molecule has 0 saturated carbocycles. The van der Waals surface area contributed by atoms with Crippen molar-refractivity contribution < 1.29 is 9.13 Å². The number of para-hydroxylation sites is 1. The zero-order valence-corrected chi connectivity index (χ0v) is 12.2. The molecular weight excluding hydrogens is 289 g/mol. The molecule has 0 aliphatic heterocycles. The van der Waals surface area contributed by atoms with Crippen LogP contribution in [0, 0.1) is 12.7 Å². The maximum absolute atomic E-state index is 13.8. The molecule has 0 aliphatic carbocycles. The molecule has 0 aliphatic rings. The maximum atomic E-state index is 13.8. The predicted octanol–water partition coefficient (Wildman–Crippen LogP) is 5.21. The first-order chi connectivity index (χ1) is 10.2. The summed E-state index contributed by atoms with van der Waals surface area (Å²) in [6, 6.07) is 14.3. The number of rotatable bonds is 3. The van der Waals surface area contributed by atoms with E-state index in [1.807, 2.05) is 37.3 Å². The fourth-order valence-corrected chi connectivity index (χ4v) is 2.31. The number of nitrogens with zero attached hydrogens (tertiary/aromatic N) is 1. The highest BCUT2D eigenvalue weighted by molar-refractivity contribution is 6.17. The predicted molar refractivity (Wildman–Crippen MR) is 82.5 cm³/mol. The Morgan fingerprint density at radius 3 is 2.76 bits per heavy atom. The number of fused-ring (bicyclic) bond motifs is 1. The number of hydrogen-bond acceptors (Lipinski definition) is 2. The van der Waals surface area contributed by atoms with Crippen LogP contribution in [0.3, 0.4) is 0 Å². The summed E-state index contributed by atoms with van der Waals surface area (Å²) < 4.78 is 19.5. The van der Waals surface area contributed by atoms with E-state index in [1.54, 1.807) is 12.1 Å². The monoisotopic (exact) mass is 301 g/mol. The normalized spacial score (nSPS) is 10.8. The van der Waals surface area contributed by atoms with Crippen molar-refractivity contribution in [3.05, 3.63) is 65.5 Å². The molecule has 0 radical (unpaired) electrons. The van der Waals surface area contributed by atoms with Gasteiger partial charge in [0.1, 0.15) is 0 Å². The molecule has 0 bridgehead atoms. The van der Waals surface area contributed by atoms with Crippen LogP contribution in [0.4, 0.5) is 4.39 Å². The molecule has 0 amide bonds. The molecule has 1 aromatic heterocycles. The summed E-state index contributed by atoms with van der Waals surface area (Å²) in [4.78, 5) is 4.44. The molecule has 0 spiro atoms. The largest absolute Gasteiger partial charge is 0.436 e. The lowest BCUT2D eigenvalue weighted by Gasteiger charge is -2.11. The van der Waals surface area contributed by atoms with Crippen LogP contribution in [0.1, 0.15) is 11.1 Å². The van der Waals surface area contributed by atoms with Gasteiger partial charge >= 0.3 is 0 Å². The van der Waals surface area contributed by atoms with Crippen molar-refractivity contribution in [2.24, 2.45) is 0 Å². The molecule has 0 N–H and O–H groups in total. The van der Waals surface area contributed by atoms with E-state index in [1.165, 1.54) is 6.07 Å². The van der Waals surface area contributed by atoms with Crippen molar-refractivity contribution in [3.8, 4) is 11.6 Å². The summed E-state index contributed by atoms with van der Waals surface area (Å²) >= 11 is 5.96. The number of alkyl halides is 1. The van der Waals surface area contributed by atoms with Gasteiger partial charge in [0.15, 0.2) is 11.6 Å². The van der Waals surface area contributed by atoms with E-state index in [-0.39, 0.29) is 11.6 Å². The Hall–Kier alpha value is -2.13. The van der Waals surface area contributed by atoms with E-state index >= 15 is 0 Å². The van der Waals surface area contributed by atoms with E-state index < -0.39 is 5.82 Å². The van der Waals surface area contributed by atoms with Crippen molar-refractivity contribution >= 4 is 22.5 Å². The Morgan fingerprint density at radius 2 is 1.95 bits per heavy atom. The molecule has 1 heterocycles. The number of pyridine rings is 1. The zero-order chi connectivity index (χ0) is 14.8. The van der Waals surface area contributed by atoms with Gasteiger partial charge in [-0.25, -0.2) is 9.37 Å². The van der Waals surface area contributed by atoms with Crippen LogP contribution < -0.4 is 4.74 Å². The Labute approximate surface area is 127 Å². The van der Waals surface area contributed by atoms with E-state index in [0.29, 0.717) is 5.88 Å². The summed E-state index contributed by atoms with van der Waals surface area (Å²) in [6.45, 7) is 1.88. The van der Waals surface area contributed by atoms with Gasteiger partial charge in [-0.2, -0.15) is 0 Å². The molecular formula is C17H13ClFNO. The summed E-state index contributed by atoms with van der Waals surface area (Å²) in [5, 5.41) is 0.977. The van der Waals surface area contributed by atoms with Gasteiger partial charge < -0.3 is 4.74 Å². The molecule has 0 unspecified atom stereocenters. The summed E-state index contributed by atoms with van der Waals surface area (Å²) in [5.41, 5.74) is 2.44. The van der Waals surface area contributed by atoms with Gasteiger partial charge in [-0.1, -0.05) is 24.3 Å². The Morgan fingerprint density at radius 1 is 1.14 bits per heavy atom. The average Bonchev–Trinajstić information content (AvgIpc) is 2.50. The summed E-state index contributed by atoms with van der Waals surface area (Å²) in [7, 11) is 0. The second-order valence-electron chi connectivity index (χ2n) is 4.81. The second kappa shape index (κ2) is 5.70. The van der Waals surface area contributed by atoms with Gasteiger partial charge in [-0.05, 0) is 36.8 Å². The fourth-order valence-electron chi connectivity index (χ4n) is 2.12. The summed E-state index contributed by atoms with van der Waals surface area (Å²) in [5.74, 6) is 0.328. The highest BCUT2D eigenvalue weighted by Crippen LogP contribution is 2.30. The molecule has 0 fully saturated rings. The van der Waals surface area contributed by atoms with Gasteiger partial charge in [0.2, 0.25) is 5.88 Å². The van der Waals surface area contributed by atoms with Crippen molar-refractivity contribution in [1.82, 2.24) is 4.98 Å². The standard InChI is InChI=1S/C17H13ClFNO/c1-11-6-7-14(19)16(8-11)21-17-13(10-18)9-12-4-2-3-5-15(12)20-17/h2-9H,10H2,1H3. The zero-order valence-electron chi connectivity index (χ0n) is 11.4. The smallest absolute Gasteiger partial charge is 0.224 e. The molecule has 106 valence electrons. The Kier molecular flexibility index (Phi) is 3.76. The lowest BCUT2D eigenvalue weighted by atomic mass is 10.1. The number of aromatic nitrogens is 1. The second-order valence-corrected chi connectivity index (χ2v) is 5.08. The van der Waals surface area contributed by atoms with Gasteiger partial charge in [0.05, 0.1) is 11.4 Å². The van der Waals surface area contributed by atoms with Crippen molar-refractivity contribution in [1.29, 1.82) is 0 Å². The van der Waals surface area contributed by atoms with Crippen molar-refractivity contribution in [3.63, 3.8) is 0 Å². The average molecular weight is 302 g/mol. The molecule has 2 aromatic carbocycles. The van der Waals surface area contributed by atoms with Gasteiger partial charge in [-0.3, -0.25) is 0 Å². The third kappa shape index (κ3) is 2.83.